The second-order valence-electron chi connectivity index (χ2n) is 7.30. The Morgan fingerprint density at radius 1 is 0.893 bits per heavy atom. The lowest BCUT2D eigenvalue weighted by Crippen LogP contribution is -2.12. The summed E-state index contributed by atoms with van der Waals surface area (Å²) in [6.07, 6.45) is 5.45. The lowest BCUT2D eigenvalue weighted by atomic mass is 10.1. The summed E-state index contributed by atoms with van der Waals surface area (Å²) >= 11 is 0. The van der Waals surface area contributed by atoms with E-state index in [0.717, 1.165) is 40.6 Å². The normalized spacial score (nSPS) is 14.1. The largest absolute Gasteiger partial charge is 0.383 e. The molecular weight excluding hydrogens is 348 g/mol. The monoisotopic (exact) mass is 366 g/mol. The summed E-state index contributed by atoms with van der Waals surface area (Å²) in [5.41, 5.74) is 10.9. The van der Waals surface area contributed by atoms with E-state index in [9.17, 15) is 0 Å². The van der Waals surface area contributed by atoms with E-state index in [4.69, 9.17) is 10.8 Å². The van der Waals surface area contributed by atoms with Crippen LogP contribution in [-0.4, -0.2) is 24.3 Å². The van der Waals surface area contributed by atoms with E-state index in [1.807, 2.05) is 23.0 Å². The molecule has 0 unspecified atom stereocenters. The molecule has 0 atom stereocenters. The van der Waals surface area contributed by atoms with Crippen LogP contribution in [0.15, 0.2) is 67.1 Å². The molecular formula is C22H18N6. The zero-order valence-electron chi connectivity index (χ0n) is 15.2. The molecule has 6 nitrogen and oxygen atoms in total. The average molecular weight is 366 g/mol. The molecule has 3 heterocycles. The number of benzene rings is 2. The van der Waals surface area contributed by atoms with Gasteiger partial charge in [0.2, 0.25) is 0 Å². The van der Waals surface area contributed by atoms with Gasteiger partial charge in [-0.15, -0.1) is 0 Å². The summed E-state index contributed by atoms with van der Waals surface area (Å²) in [7, 11) is 0. The van der Waals surface area contributed by atoms with Crippen molar-refractivity contribution in [2.75, 3.05) is 5.73 Å². The molecule has 0 fully saturated rings. The first kappa shape index (κ1) is 15.4. The number of rotatable bonds is 2. The minimum Gasteiger partial charge on any atom is -0.383 e. The van der Waals surface area contributed by atoms with Gasteiger partial charge in [0.15, 0.2) is 11.5 Å². The van der Waals surface area contributed by atoms with Gasteiger partial charge in [0.1, 0.15) is 17.5 Å². The van der Waals surface area contributed by atoms with Crippen molar-refractivity contribution >= 4 is 27.8 Å². The van der Waals surface area contributed by atoms with Crippen LogP contribution in [-0.2, 0) is 12.8 Å². The van der Waals surface area contributed by atoms with Crippen molar-refractivity contribution in [2.45, 2.75) is 18.9 Å². The lowest BCUT2D eigenvalue weighted by molar-refractivity contribution is 0.485. The van der Waals surface area contributed by atoms with Crippen LogP contribution in [0.1, 0.15) is 17.2 Å². The first-order valence-electron chi connectivity index (χ1n) is 9.41. The Morgan fingerprint density at radius 3 is 2.46 bits per heavy atom. The Morgan fingerprint density at radius 2 is 1.64 bits per heavy atom. The maximum atomic E-state index is 6.29. The molecule has 0 radical (unpaired) electrons. The molecule has 6 heteroatoms. The molecule has 2 aromatic carbocycles. The fourth-order valence-electron chi connectivity index (χ4n) is 4.38. The summed E-state index contributed by atoms with van der Waals surface area (Å²) in [6, 6.07) is 19.2. The minimum atomic E-state index is 0.227. The molecule has 6 rings (SSSR count). The van der Waals surface area contributed by atoms with E-state index < -0.39 is 0 Å². The number of para-hydroxylation sites is 1. The van der Waals surface area contributed by atoms with E-state index in [1.165, 1.54) is 17.5 Å². The molecule has 1 aliphatic carbocycles. The van der Waals surface area contributed by atoms with Gasteiger partial charge in [-0.1, -0.05) is 42.5 Å². The molecule has 28 heavy (non-hydrogen) atoms. The molecule has 0 saturated carbocycles. The fraction of sp³-hybridized carbons (Fsp3) is 0.136. The van der Waals surface area contributed by atoms with Gasteiger partial charge in [-0.25, -0.2) is 14.6 Å². The van der Waals surface area contributed by atoms with E-state index in [1.54, 1.807) is 0 Å². The third-order valence-corrected chi connectivity index (χ3v) is 5.70. The zero-order chi connectivity index (χ0) is 18.7. The number of fused-ring (bicyclic) bond motifs is 3. The molecule has 0 saturated heterocycles. The maximum absolute atomic E-state index is 6.29. The molecule has 1 aliphatic rings. The third kappa shape index (κ3) is 2.11. The highest BCUT2D eigenvalue weighted by atomic mass is 15.4. The van der Waals surface area contributed by atoms with Crippen molar-refractivity contribution in [1.29, 1.82) is 0 Å². The van der Waals surface area contributed by atoms with Gasteiger partial charge in [0.05, 0.1) is 11.6 Å². The summed E-state index contributed by atoms with van der Waals surface area (Å²) in [5.74, 6) is 1.24. The van der Waals surface area contributed by atoms with Crippen molar-refractivity contribution in [1.82, 2.24) is 24.3 Å². The molecule has 0 bridgehead atoms. The predicted molar refractivity (Wildman–Crippen MR) is 109 cm³/mol. The molecule has 0 aliphatic heterocycles. The lowest BCUT2D eigenvalue weighted by Gasteiger charge is -2.10. The summed E-state index contributed by atoms with van der Waals surface area (Å²) < 4.78 is 4.12. The van der Waals surface area contributed by atoms with Crippen LogP contribution in [0.3, 0.4) is 0 Å². The molecule has 136 valence electrons. The Balaban J connectivity index is 1.58. The Kier molecular flexibility index (Phi) is 3.11. The topological polar surface area (TPSA) is 74.6 Å². The number of nitrogen functional groups attached to an aromatic ring is 1. The van der Waals surface area contributed by atoms with E-state index >= 15 is 0 Å². The van der Waals surface area contributed by atoms with E-state index in [0.29, 0.717) is 5.82 Å². The highest BCUT2D eigenvalue weighted by Crippen LogP contribution is 2.35. The average Bonchev–Trinajstić information content (AvgIpc) is 3.42. The maximum Gasteiger partial charge on any atom is 0.172 e. The van der Waals surface area contributed by atoms with Crippen molar-refractivity contribution in [2.24, 2.45) is 0 Å². The Hall–Kier alpha value is -3.67. The van der Waals surface area contributed by atoms with Crippen LogP contribution in [0, 0.1) is 0 Å². The summed E-state index contributed by atoms with van der Waals surface area (Å²) in [4.78, 5) is 8.79. The predicted octanol–water partition coefficient (Wildman–Crippen LogP) is 3.69. The number of nitrogens with zero attached hydrogens (tertiary/aromatic N) is 5. The van der Waals surface area contributed by atoms with Gasteiger partial charge in [0, 0.05) is 6.20 Å². The SMILES string of the molecule is Nc1ncnc2c1c(-n1ccc3ccccc31)nn2C1Cc2ccccc2C1. The van der Waals surface area contributed by atoms with Crippen molar-refractivity contribution in [3.63, 3.8) is 0 Å². The van der Waals surface area contributed by atoms with Crippen LogP contribution in [0.4, 0.5) is 5.82 Å². The molecule has 0 amide bonds. The Bertz CT molecular complexity index is 1320. The Labute approximate surface area is 161 Å². The highest BCUT2D eigenvalue weighted by Gasteiger charge is 2.27. The van der Waals surface area contributed by atoms with E-state index in [-0.39, 0.29) is 6.04 Å². The second kappa shape index (κ2) is 5.66. The van der Waals surface area contributed by atoms with Crippen LogP contribution < -0.4 is 5.73 Å². The third-order valence-electron chi connectivity index (χ3n) is 5.70. The quantitative estimate of drug-likeness (QED) is 0.517. The van der Waals surface area contributed by atoms with Gasteiger partial charge in [-0.2, -0.15) is 5.10 Å². The first-order valence-corrected chi connectivity index (χ1v) is 9.41. The van der Waals surface area contributed by atoms with Crippen LogP contribution in [0.5, 0.6) is 0 Å². The van der Waals surface area contributed by atoms with Gasteiger partial charge in [0.25, 0.3) is 0 Å². The number of hydrogen-bond acceptors (Lipinski definition) is 4. The van der Waals surface area contributed by atoms with Crippen LogP contribution in [0.2, 0.25) is 0 Å². The number of aromatic nitrogens is 5. The molecule has 5 aromatic rings. The van der Waals surface area contributed by atoms with Crippen LogP contribution in [0.25, 0.3) is 27.8 Å². The molecule has 3 aromatic heterocycles. The summed E-state index contributed by atoms with van der Waals surface area (Å²) in [5, 5.41) is 6.97. The van der Waals surface area contributed by atoms with Gasteiger partial charge >= 0.3 is 0 Å². The number of anilines is 1. The number of nitrogens with two attached hydrogens (primary N) is 1. The summed E-state index contributed by atoms with van der Waals surface area (Å²) in [6.45, 7) is 0. The minimum absolute atomic E-state index is 0.227. The standard InChI is InChI=1S/C22H18N6/c23-20-19-21(25-13-24-20)28(17-11-15-6-1-2-7-16(15)12-17)26-22(19)27-10-9-14-5-3-4-8-18(14)27/h1-10,13,17H,11-12H2,(H2,23,24,25). The fourth-order valence-corrected chi connectivity index (χ4v) is 4.38. The van der Waals surface area contributed by atoms with Crippen LogP contribution >= 0.6 is 0 Å². The first-order chi connectivity index (χ1) is 13.8. The number of hydrogen-bond donors (Lipinski definition) is 1. The smallest absolute Gasteiger partial charge is 0.172 e. The second-order valence-corrected chi connectivity index (χ2v) is 7.30. The van der Waals surface area contributed by atoms with Gasteiger partial charge in [-0.3, -0.25) is 4.57 Å². The molecule has 0 spiro atoms. The van der Waals surface area contributed by atoms with E-state index in [2.05, 4.69) is 57.0 Å². The van der Waals surface area contributed by atoms with Gasteiger partial charge < -0.3 is 5.73 Å². The molecule has 2 N–H and O–H groups in total. The zero-order valence-corrected chi connectivity index (χ0v) is 15.2. The van der Waals surface area contributed by atoms with Crippen molar-refractivity contribution < 1.29 is 0 Å². The highest BCUT2D eigenvalue weighted by molar-refractivity contribution is 5.94. The van der Waals surface area contributed by atoms with Crippen molar-refractivity contribution in [3.05, 3.63) is 78.2 Å². The van der Waals surface area contributed by atoms with Crippen molar-refractivity contribution in [3.8, 4) is 5.82 Å². The van der Waals surface area contributed by atoms with Gasteiger partial charge in [-0.05, 0) is 41.5 Å².